The summed E-state index contributed by atoms with van der Waals surface area (Å²) in [4.78, 5) is 13.5. The van der Waals surface area contributed by atoms with Gasteiger partial charge < -0.3 is 5.21 Å². The van der Waals surface area contributed by atoms with E-state index in [-0.39, 0.29) is 0 Å². The van der Waals surface area contributed by atoms with Gasteiger partial charge in [0.25, 0.3) is 0 Å². The van der Waals surface area contributed by atoms with Crippen molar-refractivity contribution in [1.29, 1.82) is 0 Å². The number of nitrogens with zero attached hydrogens (tertiary/aromatic N) is 4. The van der Waals surface area contributed by atoms with Gasteiger partial charge in [-0.1, -0.05) is 29.8 Å². The third kappa shape index (κ3) is 2.12. The summed E-state index contributed by atoms with van der Waals surface area (Å²) < 4.78 is 1.02. The Morgan fingerprint density at radius 2 is 1.43 bits per heavy atom. The van der Waals surface area contributed by atoms with Crippen LogP contribution < -0.4 is 0 Å². The van der Waals surface area contributed by atoms with E-state index in [0.717, 1.165) is 38.0 Å². The molecule has 2 heterocycles. The minimum atomic E-state index is 0.372. The van der Waals surface area contributed by atoms with Crippen LogP contribution in [0, 0.1) is 20.8 Å². The number of imidazole rings is 1. The summed E-state index contributed by atoms with van der Waals surface area (Å²) in [5.74, 6) is 0.448. The van der Waals surface area contributed by atoms with Crippen molar-refractivity contribution in [2.24, 2.45) is 0 Å². The highest BCUT2D eigenvalue weighted by atomic mass is 16.5. The first-order valence-electron chi connectivity index (χ1n) is 7.46. The lowest BCUT2D eigenvalue weighted by Crippen LogP contribution is -1.96. The van der Waals surface area contributed by atoms with Crippen LogP contribution in [-0.2, 0) is 0 Å². The van der Waals surface area contributed by atoms with Crippen LogP contribution in [-0.4, -0.2) is 24.9 Å². The second-order valence-corrected chi connectivity index (χ2v) is 5.91. The topological polar surface area (TPSA) is 63.8 Å². The Morgan fingerprint density at radius 3 is 2.09 bits per heavy atom. The molecule has 0 unspecified atom stereocenters. The first-order valence-corrected chi connectivity index (χ1v) is 7.46. The van der Waals surface area contributed by atoms with E-state index < -0.39 is 0 Å². The van der Waals surface area contributed by atoms with Gasteiger partial charge in [-0.05, 0) is 44.0 Å². The second kappa shape index (κ2) is 4.78. The molecule has 0 aliphatic heterocycles. The van der Waals surface area contributed by atoms with Crippen molar-refractivity contribution in [3.05, 3.63) is 53.1 Å². The molecule has 0 aliphatic rings. The van der Waals surface area contributed by atoms with Gasteiger partial charge in [0.05, 0.1) is 11.0 Å². The first-order chi connectivity index (χ1) is 11.0. The van der Waals surface area contributed by atoms with Crippen LogP contribution in [0.15, 0.2) is 36.4 Å². The van der Waals surface area contributed by atoms with E-state index in [2.05, 4.69) is 15.0 Å². The monoisotopic (exact) mass is 304 g/mol. The summed E-state index contributed by atoms with van der Waals surface area (Å²) in [6.07, 6.45) is 0. The van der Waals surface area contributed by atoms with E-state index in [1.165, 1.54) is 0 Å². The number of fused-ring (bicyclic) bond motifs is 2. The Balaban J connectivity index is 1.99. The average molecular weight is 304 g/mol. The second-order valence-electron chi connectivity index (χ2n) is 5.91. The zero-order valence-electron chi connectivity index (χ0n) is 13.2. The Labute approximate surface area is 133 Å². The fourth-order valence-electron chi connectivity index (χ4n) is 2.65. The third-order valence-electron chi connectivity index (χ3n) is 4.17. The molecule has 0 radical (unpaired) electrons. The normalized spacial score (nSPS) is 11.4. The molecule has 0 amide bonds. The van der Waals surface area contributed by atoms with E-state index in [1.807, 2.05) is 57.2 Å². The van der Waals surface area contributed by atoms with Gasteiger partial charge in [-0.15, -0.1) is 4.73 Å². The molecule has 0 spiro atoms. The molecule has 0 bridgehead atoms. The fourth-order valence-corrected chi connectivity index (χ4v) is 2.65. The van der Waals surface area contributed by atoms with Gasteiger partial charge in [0.2, 0.25) is 11.3 Å². The van der Waals surface area contributed by atoms with Crippen LogP contribution in [0.3, 0.4) is 0 Å². The molecule has 0 fully saturated rings. The highest BCUT2D eigenvalue weighted by molar-refractivity contribution is 5.85. The van der Waals surface area contributed by atoms with Gasteiger partial charge >= 0.3 is 0 Å². The number of hydrogen-bond acceptors (Lipinski definition) is 4. The van der Waals surface area contributed by atoms with Gasteiger partial charge in [0.1, 0.15) is 0 Å². The van der Waals surface area contributed by atoms with E-state index in [1.54, 1.807) is 0 Å². The summed E-state index contributed by atoms with van der Waals surface area (Å²) in [6.45, 7) is 6.10. The summed E-state index contributed by atoms with van der Waals surface area (Å²) in [7, 11) is 0. The Bertz CT molecular complexity index is 1050. The molecule has 5 nitrogen and oxygen atoms in total. The zero-order chi connectivity index (χ0) is 16.1. The Hall–Kier alpha value is -2.95. The van der Waals surface area contributed by atoms with Gasteiger partial charge in [-0.3, -0.25) is 0 Å². The van der Waals surface area contributed by atoms with Gasteiger partial charge in [0.15, 0.2) is 5.82 Å². The van der Waals surface area contributed by atoms with Crippen molar-refractivity contribution in [3.8, 4) is 11.4 Å². The van der Waals surface area contributed by atoms with Crippen LogP contribution in [0.5, 0.6) is 0 Å². The molecule has 4 aromatic rings. The predicted molar refractivity (Wildman–Crippen MR) is 89.7 cm³/mol. The summed E-state index contributed by atoms with van der Waals surface area (Å²) in [5, 5.41) is 10.4. The number of hydrogen-bond donors (Lipinski definition) is 1. The molecule has 0 saturated carbocycles. The standard InChI is InChI=1S/C18H16N4O/c1-10-4-6-13(7-5-10)17-21-16-18(22(17)23)20-15-9-12(3)11(2)8-14(15)19-16/h4-9,23H,1-3H3. The quantitative estimate of drug-likeness (QED) is 0.543. The Morgan fingerprint density at radius 1 is 0.826 bits per heavy atom. The van der Waals surface area contributed by atoms with Crippen molar-refractivity contribution in [2.45, 2.75) is 20.8 Å². The number of aromatic nitrogens is 4. The SMILES string of the molecule is Cc1ccc(-c2nc3nc4cc(C)c(C)cc4nc3n2O)cc1. The molecule has 0 atom stereocenters. The minimum Gasteiger partial charge on any atom is -0.425 e. The van der Waals surface area contributed by atoms with Crippen molar-refractivity contribution in [3.63, 3.8) is 0 Å². The van der Waals surface area contributed by atoms with Gasteiger partial charge in [0, 0.05) is 5.56 Å². The van der Waals surface area contributed by atoms with Crippen LogP contribution in [0.1, 0.15) is 16.7 Å². The number of aryl methyl sites for hydroxylation is 3. The molecule has 4 rings (SSSR count). The third-order valence-corrected chi connectivity index (χ3v) is 4.17. The summed E-state index contributed by atoms with van der Waals surface area (Å²) in [5.41, 5.74) is 6.65. The van der Waals surface area contributed by atoms with Gasteiger partial charge in [-0.2, -0.15) is 0 Å². The maximum absolute atomic E-state index is 10.4. The van der Waals surface area contributed by atoms with Crippen molar-refractivity contribution in [2.75, 3.05) is 0 Å². The molecule has 0 saturated heterocycles. The molecule has 23 heavy (non-hydrogen) atoms. The smallest absolute Gasteiger partial charge is 0.216 e. The van der Waals surface area contributed by atoms with E-state index in [0.29, 0.717) is 17.1 Å². The lowest BCUT2D eigenvalue weighted by Gasteiger charge is -2.03. The molecule has 0 aliphatic carbocycles. The maximum atomic E-state index is 10.4. The highest BCUT2D eigenvalue weighted by Gasteiger charge is 2.15. The lowest BCUT2D eigenvalue weighted by atomic mass is 10.1. The van der Waals surface area contributed by atoms with Crippen molar-refractivity contribution >= 4 is 22.3 Å². The summed E-state index contributed by atoms with van der Waals surface area (Å²) >= 11 is 0. The first kappa shape index (κ1) is 13.7. The van der Waals surface area contributed by atoms with Crippen molar-refractivity contribution in [1.82, 2.24) is 19.7 Å². The Kier molecular flexibility index (Phi) is 2.84. The minimum absolute atomic E-state index is 0.372. The molecular weight excluding hydrogens is 288 g/mol. The molecular formula is C18H16N4O. The lowest BCUT2D eigenvalue weighted by molar-refractivity contribution is 0.201. The van der Waals surface area contributed by atoms with E-state index in [4.69, 9.17) is 0 Å². The molecule has 114 valence electrons. The molecule has 1 N–H and O–H groups in total. The van der Waals surface area contributed by atoms with Crippen LogP contribution in [0.4, 0.5) is 0 Å². The number of benzene rings is 2. The van der Waals surface area contributed by atoms with Crippen LogP contribution in [0.25, 0.3) is 33.7 Å². The molecule has 5 heteroatoms. The predicted octanol–water partition coefficient (Wildman–Crippen LogP) is 3.81. The molecule has 2 aromatic heterocycles. The fraction of sp³-hybridized carbons (Fsp3) is 0.167. The van der Waals surface area contributed by atoms with Gasteiger partial charge in [-0.25, -0.2) is 15.0 Å². The van der Waals surface area contributed by atoms with E-state index in [9.17, 15) is 5.21 Å². The van der Waals surface area contributed by atoms with E-state index >= 15 is 0 Å². The van der Waals surface area contributed by atoms with Crippen LogP contribution >= 0.6 is 0 Å². The molecule has 2 aromatic carbocycles. The highest BCUT2D eigenvalue weighted by Crippen LogP contribution is 2.24. The number of rotatable bonds is 1. The van der Waals surface area contributed by atoms with Crippen molar-refractivity contribution < 1.29 is 5.21 Å². The summed E-state index contributed by atoms with van der Waals surface area (Å²) in [6, 6.07) is 11.8. The zero-order valence-corrected chi connectivity index (χ0v) is 13.2. The van der Waals surface area contributed by atoms with Crippen LogP contribution in [0.2, 0.25) is 0 Å². The average Bonchev–Trinajstić information content (AvgIpc) is 2.84. The largest absolute Gasteiger partial charge is 0.425 e. The maximum Gasteiger partial charge on any atom is 0.216 e.